The van der Waals surface area contributed by atoms with Gasteiger partial charge in [-0.3, -0.25) is 0 Å². The number of halogens is 3. The first-order valence-corrected chi connectivity index (χ1v) is 11.8. The van der Waals surface area contributed by atoms with Gasteiger partial charge in [0.25, 0.3) is 0 Å². The van der Waals surface area contributed by atoms with Crippen molar-refractivity contribution < 1.29 is 27.8 Å². The normalized spacial score (nSPS) is 18.9. The van der Waals surface area contributed by atoms with Crippen LogP contribution in [0.15, 0.2) is 66.7 Å². The average molecular weight is 484 g/mol. The van der Waals surface area contributed by atoms with Crippen molar-refractivity contribution in [1.82, 2.24) is 4.90 Å². The Morgan fingerprint density at radius 2 is 1.69 bits per heavy atom. The molecule has 184 valence electrons. The summed E-state index contributed by atoms with van der Waals surface area (Å²) < 4.78 is 46.9. The van der Waals surface area contributed by atoms with Crippen LogP contribution in [0.3, 0.4) is 0 Å². The molecule has 7 heteroatoms. The Balaban J connectivity index is 1.55. The number of hydrogen-bond acceptors (Lipinski definition) is 3. The molecule has 35 heavy (non-hydrogen) atoms. The zero-order valence-corrected chi connectivity index (χ0v) is 19.5. The highest BCUT2D eigenvalue weighted by atomic mass is 19.1. The summed E-state index contributed by atoms with van der Waals surface area (Å²) in [4.78, 5) is 14.9. The summed E-state index contributed by atoms with van der Waals surface area (Å²) in [6, 6.07) is 16.4. The van der Waals surface area contributed by atoms with Gasteiger partial charge in [0.2, 0.25) is 0 Å². The van der Waals surface area contributed by atoms with Crippen molar-refractivity contribution in [2.75, 3.05) is 13.2 Å². The molecule has 1 amide bonds. The SMILES string of the molecule is CCC(c1ccc(-c2ccc(F)cc2F)cc1)N1CCC(CCCO)(c2ccc(F)cc2)OC1=O. The molecule has 2 unspecified atom stereocenters. The summed E-state index contributed by atoms with van der Waals surface area (Å²) in [5.74, 6) is -1.64. The smallest absolute Gasteiger partial charge is 0.411 e. The fourth-order valence-corrected chi connectivity index (χ4v) is 4.84. The number of rotatable bonds is 8. The zero-order valence-electron chi connectivity index (χ0n) is 19.5. The van der Waals surface area contributed by atoms with Crippen molar-refractivity contribution in [3.05, 3.63) is 95.3 Å². The first kappa shape index (κ1) is 24.8. The maximum absolute atomic E-state index is 14.2. The molecule has 0 aliphatic carbocycles. The first-order chi connectivity index (χ1) is 16.9. The second-order valence-corrected chi connectivity index (χ2v) is 8.81. The van der Waals surface area contributed by atoms with Crippen LogP contribution in [0.2, 0.25) is 0 Å². The van der Waals surface area contributed by atoms with E-state index in [1.165, 1.54) is 24.3 Å². The number of aliphatic hydroxyl groups excluding tert-OH is 1. The Hall–Kier alpha value is -3.32. The van der Waals surface area contributed by atoms with E-state index >= 15 is 0 Å². The highest BCUT2D eigenvalue weighted by Gasteiger charge is 2.43. The van der Waals surface area contributed by atoms with Crippen LogP contribution in [0.25, 0.3) is 11.1 Å². The van der Waals surface area contributed by atoms with Gasteiger partial charge in [0, 0.05) is 31.2 Å². The topological polar surface area (TPSA) is 49.8 Å². The Morgan fingerprint density at radius 1 is 1.00 bits per heavy atom. The molecule has 4 nitrogen and oxygen atoms in total. The molecule has 1 N–H and O–H groups in total. The number of carbonyl (C=O) groups is 1. The average Bonchev–Trinajstić information content (AvgIpc) is 2.85. The molecular formula is C28H28F3NO3. The minimum Gasteiger partial charge on any atom is -0.438 e. The van der Waals surface area contributed by atoms with E-state index < -0.39 is 23.3 Å². The summed E-state index contributed by atoms with van der Waals surface area (Å²) in [7, 11) is 0. The molecule has 1 aliphatic heterocycles. The van der Waals surface area contributed by atoms with Crippen LogP contribution in [0, 0.1) is 17.5 Å². The van der Waals surface area contributed by atoms with E-state index in [2.05, 4.69) is 0 Å². The van der Waals surface area contributed by atoms with Crippen LogP contribution in [0.5, 0.6) is 0 Å². The number of cyclic esters (lactones) is 1. The number of benzene rings is 3. The largest absolute Gasteiger partial charge is 0.438 e. The third-order valence-corrected chi connectivity index (χ3v) is 6.68. The van der Waals surface area contributed by atoms with E-state index in [9.17, 15) is 23.1 Å². The van der Waals surface area contributed by atoms with E-state index in [0.29, 0.717) is 48.9 Å². The van der Waals surface area contributed by atoms with Crippen LogP contribution < -0.4 is 0 Å². The van der Waals surface area contributed by atoms with Gasteiger partial charge in [-0.25, -0.2) is 18.0 Å². The van der Waals surface area contributed by atoms with Crippen LogP contribution in [-0.2, 0) is 10.3 Å². The monoisotopic (exact) mass is 483 g/mol. The lowest BCUT2D eigenvalue weighted by Crippen LogP contribution is -2.49. The van der Waals surface area contributed by atoms with E-state index in [4.69, 9.17) is 4.74 Å². The number of nitrogens with zero attached hydrogens (tertiary/aromatic N) is 1. The van der Waals surface area contributed by atoms with E-state index in [1.807, 2.05) is 19.1 Å². The molecule has 3 aromatic carbocycles. The standard InChI is InChI=1S/C28H28F3NO3/c1-2-26(20-6-4-19(5-7-20)24-13-12-23(30)18-25(24)31)32-16-15-28(14-3-17-33,35-27(32)34)21-8-10-22(29)11-9-21/h4-13,18,26,33H,2-3,14-17H2,1H3. The van der Waals surface area contributed by atoms with Crippen LogP contribution >= 0.6 is 0 Å². The van der Waals surface area contributed by atoms with E-state index in [1.54, 1.807) is 29.2 Å². The number of hydrogen-bond donors (Lipinski definition) is 1. The Bertz CT molecular complexity index is 1170. The fraction of sp³-hybridized carbons (Fsp3) is 0.321. The van der Waals surface area contributed by atoms with Crippen molar-refractivity contribution in [2.45, 2.75) is 44.2 Å². The summed E-state index contributed by atoms with van der Waals surface area (Å²) in [5, 5.41) is 9.38. The van der Waals surface area contributed by atoms with Gasteiger partial charge in [-0.2, -0.15) is 0 Å². The van der Waals surface area contributed by atoms with E-state index in [-0.39, 0.29) is 18.5 Å². The third kappa shape index (κ3) is 5.20. The molecule has 0 saturated carbocycles. The lowest BCUT2D eigenvalue weighted by atomic mass is 9.84. The van der Waals surface area contributed by atoms with Crippen LogP contribution in [-0.4, -0.2) is 29.3 Å². The Morgan fingerprint density at radius 3 is 2.29 bits per heavy atom. The van der Waals surface area contributed by atoms with Gasteiger partial charge in [0.05, 0.1) is 6.04 Å². The number of amides is 1. The second kappa shape index (κ2) is 10.5. The summed E-state index contributed by atoms with van der Waals surface area (Å²) >= 11 is 0. The Labute approximate surface area is 203 Å². The van der Waals surface area contributed by atoms with Crippen molar-refractivity contribution >= 4 is 6.09 Å². The van der Waals surface area contributed by atoms with Crippen LogP contribution in [0.4, 0.5) is 18.0 Å². The van der Waals surface area contributed by atoms with Gasteiger partial charge in [-0.15, -0.1) is 0 Å². The number of carbonyl (C=O) groups excluding carboxylic acids is 1. The molecule has 1 fully saturated rings. The van der Waals surface area contributed by atoms with Gasteiger partial charge in [-0.1, -0.05) is 43.3 Å². The summed E-state index contributed by atoms with van der Waals surface area (Å²) in [6.45, 7) is 2.36. The van der Waals surface area contributed by atoms with Crippen molar-refractivity contribution in [3.8, 4) is 11.1 Å². The van der Waals surface area contributed by atoms with Crippen molar-refractivity contribution in [1.29, 1.82) is 0 Å². The lowest BCUT2D eigenvalue weighted by molar-refractivity contribution is -0.0697. The molecule has 1 saturated heterocycles. The number of ether oxygens (including phenoxy) is 1. The second-order valence-electron chi connectivity index (χ2n) is 8.81. The zero-order chi connectivity index (χ0) is 25.0. The van der Waals surface area contributed by atoms with Gasteiger partial charge in [0.1, 0.15) is 23.1 Å². The molecule has 1 aliphatic rings. The predicted octanol–water partition coefficient (Wildman–Crippen LogP) is 6.73. The maximum Gasteiger partial charge on any atom is 0.411 e. The molecular weight excluding hydrogens is 455 g/mol. The predicted molar refractivity (Wildman–Crippen MR) is 127 cm³/mol. The van der Waals surface area contributed by atoms with Crippen LogP contribution in [0.1, 0.15) is 49.8 Å². The highest BCUT2D eigenvalue weighted by molar-refractivity contribution is 5.70. The van der Waals surface area contributed by atoms with Gasteiger partial charge >= 0.3 is 6.09 Å². The van der Waals surface area contributed by atoms with Gasteiger partial charge in [-0.05, 0) is 60.2 Å². The summed E-state index contributed by atoms with van der Waals surface area (Å²) in [6.07, 6.45) is 1.55. The molecule has 0 aromatic heterocycles. The third-order valence-electron chi connectivity index (χ3n) is 6.68. The first-order valence-electron chi connectivity index (χ1n) is 11.8. The lowest BCUT2D eigenvalue weighted by Gasteiger charge is -2.44. The molecule has 4 rings (SSSR count). The van der Waals surface area contributed by atoms with Crippen molar-refractivity contribution in [2.24, 2.45) is 0 Å². The Kier molecular flexibility index (Phi) is 7.45. The van der Waals surface area contributed by atoms with E-state index in [0.717, 1.165) is 11.6 Å². The molecule has 0 radical (unpaired) electrons. The van der Waals surface area contributed by atoms with Crippen molar-refractivity contribution in [3.63, 3.8) is 0 Å². The van der Waals surface area contributed by atoms with Gasteiger partial charge < -0.3 is 14.7 Å². The fourth-order valence-electron chi connectivity index (χ4n) is 4.84. The molecule has 3 aromatic rings. The molecule has 0 bridgehead atoms. The highest BCUT2D eigenvalue weighted by Crippen LogP contribution is 2.41. The summed E-state index contributed by atoms with van der Waals surface area (Å²) in [5.41, 5.74) is 1.57. The van der Waals surface area contributed by atoms with Gasteiger partial charge in [0.15, 0.2) is 0 Å². The minimum absolute atomic E-state index is 0.0389. The quantitative estimate of drug-likeness (QED) is 0.386. The molecule has 2 atom stereocenters. The maximum atomic E-state index is 14.2. The molecule has 0 spiro atoms. The molecule has 1 heterocycles. The number of aliphatic hydroxyl groups is 1. The minimum atomic E-state index is -0.924.